The molecule has 5 heteroatoms. The molecule has 5 nitrogen and oxygen atoms in total. The molecule has 0 N–H and O–H groups in total. The maximum absolute atomic E-state index is 11.5. The number of Topliss-reactive ketones (excluding diaryl/α,β-unsaturated/α-hetero) is 1. The lowest BCUT2D eigenvalue weighted by atomic mass is 10.2. The summed E-state index contributed by atoms with van der Waals surface area (Å²) in [5.74, 6) is -1.49. The molecule has 0 bridgehead atoms. The van der Waals surface area contributed by atoms with Crippen molar-refractivity contribution in [3.05, 3.63) is 12.2 Å². The van der Waals surface area contributed by atoms with E-state index >= 15 is 0 Å². The van der Waals surface area contributed by atoms with E-state index in [0.717, 1.165) is 25.7 Å². The van der Waals surface area contributed by atoms with E-state index in [0.29, 0.717) is 6.61 Å². The Morgan fingerprint density at radius 3 is 2.32 bits per heavy atom. The van der Waals surface area contributed by atoms with Gasteiger partial charge in [-0.1, -0.05) is 32.8 Å². The fourth-order valence-electron chi connectivity index (χ4n) is 1.28. The Hall–Kier alpha value is -1.65. The number of ketones is 1. The quantitative estimate of drug-likeness (QED) is 0.346. The summed E-state index contributed by atoms with van der Waals surface area (Å²) >= 11 is 0. The average molecular weight is 270 g/mol. The topological polar surface area (TPSA) is 69.7 Å². The summed E-state index contributed by atoms with van der Waals surface area (Å²) in [6.45, 7) is 6.94. The van der Waals surface area contributed by atoms with Crippen LogP contribution in [0.5, 0.6) is 0 Å². The Morgan fingerprint density at radius 1 is 1.05 bits per heavy atom. The molecule has 0 aliphatic heterocycles. The second kappa shape index (κ2) is 10.3. The maximum Gasteiger partial charge on any atom is 0.333 e. The molecule has 0 aromatic rings. The highest BCUT2D eigenvalue weighted by Gasteiger charge is 2.14. The zero-order valence-electron chi connectivity index (χ0n) is 11.7. The summed E-state index contributed by atoms with van der Waals surface area (Å²) < 4.78 is 9.59. The number of carbonyl (C=O) groups is 3. The van der Waals surface area contributed by atoms with Crippen molar-refractivity contribution >= 4 is 17.7 Å². The Labute approximate surface area is 114 Å². The number of hydrogen-bond acceptors (Lipinski definition) is 5. The van der Waals surface area contributed by atoms with Crippen LogP contribution in [0.3, 0.4) is 0 Å². The summed E-state index contributed by atoms with van der Waals surface area (Å²) in [6, 6.07) is 0. The molecule has 0 radical (unpaired) electrons. The fourth-order valence-corrected chi connectivity index (χ4v) is 1.28. The number of rotatable bonds is 10. The van der Waals surface area contributed by atoms with E-state index in [1.54, 1.807) is 0 Å². The molecule has 0 aromatic heterocycles. The lowest BCUT2D eigenvalue weighted by Gasteiger charge is -2.07. The molecule has 0 aliphatic rings. The molecular weight excluding hydrogens is 248 g/mol. The largest absolute Gasteiger partial charge is 0.462 e. The number of esters is 2. The lowest BCUT2D eigenvalue weighted by molar-refractivity contribution is -0.148. The van der Waals surface area contributed by atoms with Gasteiger partial charge in [-0.2, -0.15) is 0 Å². The molecule has 108 valence electrons. The predicted molar refractivity (Wildman–Crippen MR) is 70.5 cm³/mol. The van der Waals surface area contributed by atoms with Crippen molar-refractivity contribution in [2.75, 3.05) is 13.2 Å². The van der Waals surface area contributed by atoms with Gasteiger partial charge in [0.15, 0.2) is 5.78 Å². The Kier molecular flexibility index (Phi) is 9.40. The lowest BCUT2D eigenvalue weighted by Crippen LogP contribution is -2.15. The summed E-state index contributed by atoms with van der Waals surface area (Å²) in [6.07, 6.45) is 3.79. The van der Waals surface area contributed by atoms with E-state index in [9.17, 15) is 14.4 Å². The van der Waals surface area contributed by atoms with Crippen LogP contribution in [0.4, 0.5) is 0 Å². The highest BCUT2D eigenvalue weighted by Crippen LogP contribution is 2.05. The van der Waals surface area contributed by atoms with Crippen LogP contribution in [-0.4, -0.2) is 30.9 Å². The summed E-state index contributed by atoms with van der Waals surface area (Å²) in [5, 5.41) is 0. The number of unbranched alkanes of at least 4 members (excludes halogenated alkanes) is 3. The fraction of sp³-hybridized carbons (Fsp3) is 0.643. The maximum atomic E-state index is 11.5. The van der Waals surface area contributed by atoms with Crippen molar-refractivity contribution in [1.82, 2.24) is 0 Å². The molecule has 19 heavy (non-hydrogen) atoms. The molecule has 0 atom stereocenters. The van der Waals surface area contributed by atoms with Crippen LogP contribution in [0, 0.1) is 0 Å². The van der Waals surface area contributed by atoms with Crippen molar-refractivity contribution in [3.8, 4) is 0 Å². The van der Waals surface area contributed by atoms with Crippen molar-refractivity contribution < 1.29 is 23.9 Å². The van der Waals surface area contributed by atoms with Crippen LogP contribution in [0.1, 0.15) is 46.0 Å². The second-order valence-electron chi connectivity index (χ2n) is 4.34. The van der Waals surface area contributed by atoms with E-state index in [2.05, 4.69) is 18.2 Å². The van der Waals surface area contributed by atoms with Crippen LogP contribution in [-0.2, 0) is 23.9 Å². The molecule has 0 unspecified atom stereocenters. The van der Waals surface area contributed by atoms with Gasteiger partial charge in [-0.05, 0) is 13.3 Å². The van der Waals surface area contributed by atoms with Gasteiger partial charge in [0, 0.05) is 5.57 Å². The molecule has 0 saturated carbocycles. The van der Waals surface area contributed by atoms with E-state index in [-0.39, 0.29) is 24.4 Å². The molecule has 0 heterocycles. The van der Waals surface area contributed by atoms with Crippen LogP contribution < -0.4 is 0 Å². The van der Waals surface area contributed by atoms with Crippen LogP contribution >= 0.6 is 0 Å². The van der Waals surface area contributed by atoms with E-state index in [1.165, 1.54) is 6.92 Å². The standard InChI is InChI=1S/C14H22O5/c1-4-5-6-7-8-18-14(17)11(2)9-13(16)19-10-12(3)15/h2,4-10H2,1,3H3. The minimum absolute atomic E-state index is 0.0454. The normalized spacial score (nSPS) is 9.79. The minimum atomic E-state index is -0.650. The van der Waals surface area contributed by atoms with Crippen LogP contribution in [0.25, 0.3) is 0 Å². The molecule has 0 aliphatic carbocycles. The zero-order chi connectivity index (χ0) is 14.7. The van der Waals surface area contributed by atoms with Gasteiger partial charge in [-0.25, -0.2) is 4.79 Å². The summed E-state index contributed by atoms with van der Waals surface area (Å²) in [7, 11) is 0. The third-order valence-electron chi connectivity index (χ3n) is 2.31. The van der Waals surface area contributed by atoms with Crippen molar-refractivity contribution in [2.45, 2.75) is 46.0 Å². The van der Waals surface area contributed by atoms with Crippen LogP contribution in [0.2, 0.25) is 0 Å². The average Bonchev–Trinajstić information content (AvgIpc) is 2.35. The van der Waals surface area contributed by atoms with Gasteiger partial charge in [0.1, 0.15) is 6.61 Å². The van der Waals surface area contributed by atoms with Crippen molar-refractivity contribution in [1.29, 1.82) is 0 Å². The Balaban J connectivity index is 3.78. The summed E-state index contributed by atoms with van der Waals surface area (Å²) in [4.78, 5) is 33.3. The van der Waals surface area contributed by atoms with E-state index in [4.69, 9.17) is 4.74 Å². The number of hydrogen-bond donors (Lipinski definition) is 0. The van der Waals surface area contributed by atoms with Gasteiger partial charge in [0.2, 0.25) is 0 Å². The SMILES string of the molecule is C=C(CC(=O)OCC(C)=O)C(=O)OCCCCCC. The molecular formula is C14H22O5. The third kappa shape index (κ3) is 10.00. The molecule has 0 spiro atoms. The molecule has 0 fully saturated rings. The monoisotopic (exact) mass is 270 g/mol. The number of ether oxygens (including phenoxy) is 2. The van der Waals surface area contributed by atoms with E-state index in [1.807, 2.05) is 0 Å². The predicted octanol–water partition coefficient (Wildman–Crippen LogP) is 2.19. The van der Waals surface area contributed by atoms with Crippen molar-refractivity contribution in [2.24, 2.45) is 0 Å². The highest BCUT2D eigenvalue weighted by atomic mass is 16.5. The van der Waals surface area contributed by atoms with E-state index < -0.39 is 11.9 Å². The van der Waals surface area contributed by atoms with Gasteiger partial charge >= 0.3 is 11.9 Å². The van der Waals surface area contributed by atoms with Gasteiger partial charge in [-0.15, -0.1) is 0 Å². The van der Waals surface area contributed by atoms with Gasteiger partial charge in [0.05, 0.1) is 13.0 Å². The molecule has 0 aromatic carbocycles. The molecule has 0 rings (SSSR count). The van der Waals surface area contributed by atoms with Gasteiger partial charge < -0.3 is 9.47 Å². The molecule has 0 amide bonds. The Morgan fingerprint density at radius 2 is 1.74 bits per heavy atom. The second-order valence-corrected chi connectivity index (χ2v) is 4.34. The zero-order valence-corrected chi connectivity index (χ0v) is 11.7. The highest BCUT2D eigenvalue weighted by molar-refractivity contribution is 5.93. The van der Waals surface area contributed by atoms with Crippen LogP contribution in [0.15, 0.2) is 12.2 Å². The van der Waals surface area contributed by atoms with Gasteiger partial charge in [0.25, 0.3) is 0 Å². The molecule has 0 saturated heterocycles. The van der Waals surface area contributed by atoms with Gasteiger partial charge in [-0.3, -0.25) is 9.59 Å². The first-order valence-electron chi connectivity index (χ1n) is 6.47. The minimum Gasteiger partial charge on any atom is -0.462 e. The first-order valence-corrected chi connectivity index (χ1v) is 6.47. The summed E-state index contributed by atoms with van der Waals surface area (Å²) in [5.41, 5.74) is 0.0454. The first-order chi connectivity index (χ1) is 8.97. The smallest absolute Gasteiger partial charge is 0.333 e. The third-order valence-corrected chi connectivity index (χ3v) is 2.31. The first kappa shape index (κ1) is 17.4. The number of carbonyl (C=O) groups excluding carboxylic acids is 3. The Bertz CT molecular complexity index is 333. The van der Waals surface area contributed by atoms with Crippen molar-refractivity contribution in [3.63, 3.8) is 0 Å².